The first-order chi connectivity index (χ1) is 16.6. The normalized spacial score (nSPS) is 14.3. The van der Waals surface area contributed by atoms with Gasteiger partial charge in [0.05, 0.1) is 12.1 Å². The summed E-state index contributed by atoms with van der Waals surface area (Å²) in [5.41, 5.74) is 0.0180. The maximum absolute atomic E-state index is 14.0. The van der Waals surface area contributed by atoms with Crippen molar-refractivity contribution in [1.29, 1.82) is 0 Å². The lowest BCUT2D eigenvalue weighted by Crippen LogP contribution is -2.49. The Morgan fingerprint density at radius 1 is 0.943 bits per heavy atom. The molecule has 0 saturated carbocycles. The highest BCUT2D eigenvalue weighted by molar-refractivity contribution is 6.04. The zero-order valence-electron chi connectivity index (χ0n) is 18.3. The predicted octanol–water partition coefficient (Wildman–Crippen LogP) is 6.07. The molecule has 0 radical (unpaired) electrons. The van der Waals surface area contributed by atoms with Gasteiger partial charge in [0.1, 0.15) is 11.6 Å². The van der Waals surface area contributed by atoms with Crippen LogP contribution >= 0.6 is 0 Å². The van der Waals surface area contributed by atoms with Crippen LogP contribution in [0.5, 0.6) is 0 Å². The van der Waals surface area contributed by atoms with Crippen molar-refractivity contribution in [1.82, 2.24) is 4.90 Å². The summed E-state index contributed by atoms with van der Waals surface area (Å²) < 4.78 is 65.9. The summed E-state index contributed by atoms with van der Waals surface area (Å²) in [7, 11) is 0. The second-order valence-electron chi connectivity index (χ2n) is 8.02. The molecule has 1 N–H and O–H groups in total. The van der Waals surface area contributed by atoms with E-state index in [1.807, 2.05) is 0 Å². The van der Waals surface area contributed by atoms with Crippen LogP contribution in [-0.4, -0.2) is 29.9 Å². The van der Waals surface area contributed by atoms with Gasteiger partial charge >= 0.3 is 12.2 Å². The van der Waals surface area contributed by atoms with Gasteiger partial charge in [-0.3, -0.25) is 9.69 Å². The number of nitrogens with zero attached hydrogens (tertiary/aromatic N) is 2. The number of hydrogen-bond donors (Lipinski definition) is 1. The lowest BCUT2D eigenvalue weighted by atomic mass is 10.1. The Balaban J connectivity index is 1.43. The first kappa shape index (κ1) is 24.2. The maximum atomic E-state index is 14.0. The summed E-state index contributed by atoms with van der Waals surface area (Å²) in [5, 5.41) is 2.54. The van der Waals surface area contributed by atoms with Gasteiger partial charge in [-0.1, -0.05) is 12.1 Å². The quantitative estimate of drug-likeness (QED) is 0.443. The average Bonchev–Trinajstić information content (AvgIpc) is 2.82. The summed E-state index contributed by atoms with van der Waals surface area (Å²) in [6.45, 7) is 0.834. The number of hydrogen-bond acceptors (Lipinski definition) is 2. The van der Waals surface area contributed by atoms with Gasteiger partial charge < -0.3 is 10.2 Å². The van der Waals surface area contributed by atoms with E-state index in [1.165, 1.54) is 34.1 Å². The Morgan fingerprint density at radius 3 is 2.37 bits per heavy atom. The number of carbonyl (C=O) groups excluding carboxylic acids is 2. The monoisotopic (exact) mass is 489 g/mol. The number of amides is 3. The predicted molar refractivity (Wildman–Crippen MR) is 120 cm³/mol. The minimum Gasteiger partial charge on any atom is -0.322 e. The van der Waals surface area contributed by atoms with Crippen molar-refractivity contribution in [3.8, 4) is 0 Å². The molecule has 0 aromatic heterocycles. The standard InChI is InChI=1S/C25H20F5N3O2/c26-19-6-5-17(22(27)14-19)15-32-11-2-12-33(24(32)35)21-9-7-20(8-10-21)31-23(34)16-3-1-4-18(13-16)25(28,29)30/h1,3-10,13-14H,2,11-12,15H2,(H,31,34). The van der Waals surface area contributed by atoms with E-state index in [0.717, 1.165) is 30.3 Å². The van der Waals surface area contributed by atoms with Crippen LogP contribution < -0.4 is 10.2 Å². The van der Waals surface area contributed by atoms with E-state index in [1.54, 1.807) is 12.1 Å². The molecule has 35 heavy (non-hydrogen) atoms. The van der Waals surface area contributed by atoms with Crippen molar-refractivity contribution in [3.63, 3.8) is 0 Å². The molecule has 0 spiro atoms. The zero-order chi connectivity index (χ0) is 25.2. The molecule has 1 fully saturated rings. The average molecular weight is 489 g/mol. The number of anilines is 2. The largest absolute Gasteiger partial charge is 0.416 e. The topological polar surface area (TPSA) is 52.7 Å². The third-order valence-electron chi connectivity index (χ3n) is 5.58. The molecule has 1 heterocycles. The van der Waals surface area contributed by atoms with Crippen LogP contribution in [0.4, 0.5) is 38.1 Å². The summed E-state index contributed by atoms with van der Waals surface area (Å²) in [6.07, 6.45) is -3.93. The minimum atomic E-state index is -4.56. The number of nitrogens with one attached hydrogen (secondary N) is 1. The van der Waals surface area contributed by atoms with Crippen molar-refractivity contribution in [2.45, 2.75) is 19.1 Å². The molecule has 5 nitrogen and oxygen atoms in total. The Labute approximate surface area is 197 Å². The fourth-order valence-corrected chi connectivity index (χ4v) is 3.79. The molecule has 0 unspecified atom stereocenters. The van der Waals surface area contributed by atoms with E-state index in [4.69, 9.17) is 0 Å². The van der Waals surface area contributed by atoms with Gasteiger partial charge in [0.25, 0.3) is 5.91 Å². The van der Waals surface area contributed by atoms with Crippen molar-refractivity contribution < 1.29 is 31.5 Å². The van der Waals surface area contributed by atoms with E-state index in [-0.39, 0.29) is 23.7 Å². The highest BCUT2D eigenvalue weighted by Gasteiger charge is 2.31. The molecule has 182 valence electrons. The first-order valence-electron chi connectivity index (χ1n) is 10.7. The molecule has 10 heteroatoms. The molecule has 0 aliphatic carbocycles. The van der Waals surface area contributed by atoms with Crippen LogP contribution in [0.3, 0.4) is 0 Å². The molecule has 3 aromatic rings. The summed E-state index contributed by atoms with van der Waals surface area (Å²) in [4.78, 5) is 28.3. The number of alkyl halides is 3. The van der Waals surface area contributed by atoms with E-state index in [2.05, 4.69) is 5.32 Å². The first-order valence-corrected chi connectivity index (χ1v) is 10.7. The minimum absolute atomic E-state index is 0.00736. The number of urea groups is 1. The molecular formula is C25H20F5N3O2. The zero-order valence-corrected chi connectivity index (χ0v) is 18.3. The SMILES string of the molecule is O=C(Nc1ccc(N2CCCN(Cc3ccc(F)cc3F)C2=O)cc1)c1cccc(C(F)(F)F)c1. The Kier molecular flexibility index (Phi) is 6.72. The van der Waals surface area contributed by atoms with Gasteiger partial charge in [-0.25, -0.2) is 13.6 Å². The van der Waals surface area contributed by atoms with Gasteiger partial charge in [0.15, 0.2) is 0 Å². The number of halogens is 5. The molecule has 1 aliphatic rings. The second kappa shape index (κ2) is 9.73. The Morgan fingerprint density at radius 2 is 1.69 bits per heavy atom. The molecule has 4 rings (SSSR count). The van der Waals surface area contributed by atoms with Gasteiger partial charge in [-0.2, -0.15) is 13.2 Å². The maximum Gasteiger partial charge on any atom is 0.416 e. The van der Waals surface area contributed by atoms with E-state index in [0.29, 0.717) is 30.9 Å². The summed E-state index contributed by atoms with van der Waals surface area (Å²) in [5.74, 6) is -2.13. The van der Waals surface area contributed by atoms with Crippen LogP contribution in [0.2, 0.25) is 0 Å². The van der Waals surface area contributed by atoms with E-state index in [9.17, 15) is 31.5 Å². The van der Waals surface area contributed by atoms with Crippen LogP contribution in [-0.2, 0) is 12.7 Å². The van der Waals surface area contributed by atoms with Gasteiger partial charge in [0, 0.05) is 41.7 Å². The van der Waals surface area contributed by atoms with E-state index < -0.39 is 29.3 Å². The third-order valence-corrected chi connectivity index (χ3v) is 5.58. The van der Waals surface area contributed by atoms with Crippen LogP contribution in [0.15, 0.2) is 66.7 Å². The number of carbonyl (C=O) groups is 2. The van der Waals surface area contributed by atoms with Crippen LogP contribution in [0.25, 0.3) is 0 Å². The van der Waals surface area contributed by atoms with Crippen molar-refractivity contribution >= 4 is 23.3 Å². The highest BCUT2D eigenvalue weighted by Crippen LogP contribution is 2.30. The molecule has 1 saturated heterocycles. The summed E-state index contributed by atoms with van der Waals surface area (Å²) >= 11 is 0. The fourth-order valence-electron chi connectivity index (χ4n) is 3.79. The van der Waals surface area contributed by atoms with Crippen molar-refractivity contribution in [2.24, 2.45) is 0 Å². The van der Waals surface area contributed by atoms with E-state index >= 15 is 0 Å². The summed E-state index contributed by atoms with van der Waals surface area (Å²) in [6, 6.07) is 13.2. The van der Waals surface area contributed by atoms with Crippen molar-refractivity contribution in [2.75, 3.05) is 23.3 Å². The highest BCUT2D eigenvalue weighted by atomic mass is 19.4. The number of benzene rings is 3. The number of rotatable bonds is 5. The smallest absolute Gasteiger partial charge is 0.322 e. The third kappa shape index (κ3) is 5.59. The molecule has 0 atom stereocenters. The molecule has 3 aromatic carbocycles. The molecule has 3 amide bonds. The molecule has 0 bridgehead atoms. The molecule has 1 aliphatic heterocycles. The van der Waals surface area contributed by atoms with Crippen molar-refractivity contribution in [3.05, 3.63) is 95.1 Å². The fraction of sp³-hybridized carbons (Fsp3) is 0.200. The Hall–Kier alpha value is -3.95. The van der Waals surface area contributed by atoms with Gasteiger partial charge in [-0.05, 0) is 55.0 Å². The van der Waals surface area contributed by atoms with Crippen LogP contribution in [0, 0.1) is 11.6 Å². The van der Waals surface area contributed by atoms with Gasteiger partial charge in [-0.15, -0.1) is 0 Å². The second-order valence-corrected chi connectivity index (χ2v) is 8.02. The lowest BCUT2D eigenvalue weighted by Gasteiger charge is -2.35. The Bertz CT molecular complexity index is 1240. The lowest BCUT2D eigenvalue weighted by molar-refractivity contribution is -0.137. The van der Waals surface area contributed by atoms with Gasteiger partial charge in [0.2, 0.25) is 0 Å². The van der Waals surface area contributed by atoms with Crippen LogP contribution in [0.1, 0.15) is 27.9 Å². The molecular weight excluding hydrogens is 469 g/mol.